The number of hydrogen-bond acceptors (Lipinski definition) is 2. The average molecular weight is 182 g/mol. The van der Waals surface area contributed by atoms with Crippen molar-refractivity contribution < 1.29 is 0 Å². The zero-order valence-electron chi connectivity index (χ0n) is 8.76. The van der Waals surface area contributed by atoms with E-state index < -0.39 is 0 Å². The van der Waals surface area contributed by atoms with E-state index in [0.717, 1.165) is 5.92 Å². The molecule has 76 valence electrons. The molecule has 13 heavy (non-hydrogen) atoms. The minimum Gasteiger partial charge on any atom is -0.325 e. The number of piperidine rings is 1. The maximum Gasteiger partial charge on any atom is 0.0167 e. The summed E-state index contributed by atoms with van der Waals surface area (Å²) in [5.74, 6) is 0.904. The molecule has 0 radical (unpaired) electrons. The van der Waals surface area contributed by atoms with Crippen LogP contribution in [-0.2, 0) is 0 Å². The number of nitrogens with zero attached hydrogens (tertiary/aromatic N) is 1. The maximum atomic E-state index is 6.07. The van der Waals surface area contributed by atoms with Crippen molar-refractivity contribution in [3.8, 4) is 0 Å². The minimum atomic E-state index is 0.251. The molecule has 2 fully saturated rings. The van der Waals surface area contributed by atoms with E-state index in [1.54, 1.807) is 0 Å². The van der Waals surface area contributed by atoms with Crippen LogP contribution in [0.4, 0.5) is 0 Å². The van der Waals surface area contributed by atoms with Crippen molar-refractivity contribution in [3.05, 3.63) is 0 Å². The van der Waals surface area contributed by atoms with Gasteiger partial charge in [-0.15, -0.1) is 0 Å². The molecule has 1 atom stereocenters. The molecule has 2 heteroatoms. The van der Waals surface area contributed by atoms with Gasteiger partial charge in [0, 0.05) is 12.1 Å². The molecule has 2 aliphatic rings. The molecule has 0 amide bonds. The number of nitrogens with two attached hydrogens (primary N) is 1. The molecular weight excluding hydrogens is 160 g/mol. The summed E-state index contributed by atoms with van der Waals surface area (Å²) in [7, 11) is 0. The van der Waals surface area contributed by atoms with E-state index in [4.69, 9.17) is 5.73 Å². The summed E-state index contributed by atoms with van der Waals surface area (Å²) in [4.78, 5) is 2.60. The maximum absolute atomic E-state index is 6.07. The van der Waals surface area contributed by atoms with Gasteiger partial charge in [-0.25, -0.2) is 0 Å². The fourth-order valence-corrected chi connectivity index (χ4v) is 2.28. The third-order valence-electron chi connectivity index (χ3n) is 3.56. The second kappa shape index (κ2) is 3.58. The van der Waals surface area contributed by atoms with E-state index in [9.17, 15) is 0 Å². The van der Waals surface area contributed by atoms with Crippen molar-refractivity contribution in [1.82, 2.24) is 4.90 Å². The van der Waals surface area contributed by atoms with Gasteiger partial charge in [-0.05, 0) is 51.1 Å². The lowest BCUT2D eigenvalue weighted by Gasteiger charge is -2.31. The Morgan fingerprint density at radius 1 is 1.46 bits per heavy atom. The van der Waals surface area contributed by atoms with Crippen molar-refractivity contribution in [1.29, 1.82) is 0 Å². The Kier molecular flexibility index (Phi) is 2.61. The van der Waals surface area contributed by atoms with Crippen LogP contribution in [0.1, 0.15) is 39.0 Å². The van der Waals surface area contributed by atoms with Crippen LogP contribution in [0.3, 0.4) is 0 Å². The first-order valence-electron chi connectivity index (χ1n) is 5.69. The summed E-state index contributed by atoms with van der Waals surface area (Å²) in [6.45, 7) is 6.21. The zero-order chi connectivity index (χ0) is 9.31. The summed E-state index contributed by atoms with van der Waals surface area (Å²) >= 11 is 0. The van der Waals surface area contributed by atoms with Gasteiger partial charge in [0.2, 0.25) is 0 Å². The Morgan fingerprint density at radius 2 is 2.23 bits per heavy atom. The summed E-state index contributed by atoms with van der Waals surface area (Å²) < 4.78 is 0. The largest absolute Gasteiger partial charge is 0.325 e. The number of hydrogen-bond donors (Lipinski definition) is 1. The van der Waals surface area contributed by atoms with Gasteiger partial charge < -0.3 is 10.6 Å². The molecule has 2 N–H and O–H groups in total. The molecule has 1 aliphatic heterocycles. The molecule has 1 saturated heterocycles. The molecular formula is C11H22N2. The summed E-state index contributed by atoms with van der Waals surface area (Å²) in [5.41, 5.74) is 6.32. The van der Waals surface area contributed by atoms with Gasteiger partial charge in [0.25, 0.3) is 0 Å². The molecule has 2 rings (SSSR count). The first kappa shape index (κ1) is 9.47. The molecule has 1 unspecified atom stereocenters. The first-order valence-corrected chi connectivity index (χ1v) is 5.69. The van der Waals surface area contributed by atoms with Crippen LogP contribution in [0, 0.1) is 5.92 Å². The monoisotopic (exact) mass is 182 g/mol. The second-order valence-electron chi connectivity index (χ2n) is 5.16. The third kappa shape index (κ3) is 2.68. The Hall–Kier alpha value is -0.0800. The third-order valence-corrected chi connectivity index (χ3v) is 3.56. The van der Waals surface area contributed by atoms with Gasteiger partial charge in [-0.1, -0.05) is 6.92 Å². The number of likely N-dealkylation sites (tertiary alicyclic amines) is 1. The fourth-order valence-electron chi connectivity index (χ4n) is 2.28. The quantitative estimate of drug-likeness (QED) is 0.718. The normalized spacial score (nSPS) is 33.2. The molecule has 0 aromatic heterocycles. The molecule has 0 aromatic rings. The van der Waals surface area contributed by atoms with E-state index in [-0.39, 0.29) is 5.54 Å². The van der Waals surface area contributed by atoms with Crippen molar-refractivity contribution in [2.45, 2.75) is 44.6 Å². The molecule has 0 spiro atoms. The first-order chi connectivity index (χ1) is 6.18. The topological polar surface area (TPSA) is 29.3 Å². The van der Waals surface area contributed by atoms with Crippen molar-refractivity contribution in [2.24, 2.45) is 11.7 Å². The SMILES string of the molecule is CC1CCCN(CCC2(N)CC2)C1. The van der Waals surface area contributed by atoms with E-state index in [2.05, 4.69) is 11.8 Å². The van der Waals surface area contributed by atoms with Crippen LogP contribution in [0.25, 0.3) is 0 Å². The Labute approximate surface area is 81.5 Å². The molecule has 0 aromatic carbocycles. The summed E-state index contributed by atoms with van der Waals surface area (Å²) in [5, 5.41) is 0. The lowest BCUT2D eigenvalue weighted by Crippen LogP contribution is -2.38. The van der Waals surface area contributed by atoms with Crippen LogP contribution >= 0.6 is 0 Å². The van der Waals surface area contributed by atoms with E-state index in [1.807, 2.05) is 0 Å². The van der Waals surface area contributed by atoms with Crippen molar-refractivity contribution in [3.63, 3.8) is 0 Å². The van der Waals surface area contributed by atoms with Crippen LogP contribution in [0.15, 0.2) is 0 Å². The van der Waals surface area contributed by atoms with Gasteiger partial charge in [0.1, 0.15) is 0 Å². The predicted molar refractivity (Wildman–Crippen MR) is 55.6 cm³/mol. The van der Waals surface area contributed by atoms with Crippen LogP contribution < -0.4 is 5.73 Å². The van der Waals surface area contributed by atoms with Crippen LogP contribution in [-0.4, -0.2) is 30.1 Å². The van der Waals surface area contributed by atoms with Crippen LogP contribution in [0.2, 0.25) is 0 Å². The van der Waals surface area contributed by atoms with E-state index in [0.29, 0.717) is 0 Å². The predicted octanol–water partition coefficient (Wildman–Crippen LogP) is 1.60. The molecule has 1 aliphatic carbocycles. The van der Waals surface area contributed by atoms with Gasteiger partial charge in [0.05, 0.1) is 0 Å². The average Bonchev–Trinajstić information content (AvgIpc) is 2.82. The van der Waals surface area contributed by atoms with Crippen molar-refractivity contribution in [2.75, 3.05) is 19.6 Å². The molecule has 2 nitrogen and oxygen atoms in total. The van der Waals surface area contributed by atoms with E-state index >= 15 is 0 Å². The Bertz CT molecular complexity index is 175. The Morgan fingerprint density at radius 3 is 2.85 bits per heavy atom. The van der Waals surface area contributed by atoms with Crippen LogP contribution in [0.5, 0.6) is 0 Å². The lowest BCUT2D eigenvalue weighted by molar-refractivity contribution is 0.177. The standard InChI is InChI=1S/C11H22N2/c1-10-3-2-7-13(9-10)8-6-11(12)4-5-11/h10H,2-9,12H2,1H3. The van der Waals surface area contributed by atoms with E-state index in [1.165, 1.54) is 51.7 Å². The van der Waals surface area contributed by atoms with Gasteiger partial charge in [-0.3, -0.25) is 0 Å². The van der Waals surface area contributed by atoms with Crippen molar-refractivity contribution >= 4 is 0 Å². The molecule has 1 saturated carbocycles. The molecule has 1 heterocycles. The molecule has 0 bridgehead atoms. The fraction of sp³-hybridized carbons (Fsp3) is 1.00. The Balaban J connectivity index is 1.68. The highest BCUT2D eigenvalue weighted by atomic mass is 15.1. The summed E-state index contributed by atoms with van der Waals surface area (Å²) in [6.07, 6.45) is 6.55. The summed E-state index contributed by atoms with van der Waals surface area (Å²) in [6, 6.07) is 0. The van der Waals surface area contributed by atoms with Gasteiger partial charge in [0.15, 0.2) is 0 Å². The smallest absolute Gasteiger partial charge is 0.0167 e. The minimum absolute atomic E-state index is 0.251. The highest BCUT2D eigenvalue weighted by Crippen LogP contribution is 2.35. The van der Waals surface area contributed by atoms with Gasteiger partial charge in [-0.2, -0.15) is 0 Å². The second-order valence-corrected chi connectivity index (χ2v) is 5.16. The lowest BCUT2D eigenvalue weighted by atomic mass is 10.00. The number of rotatable bonds is 3. The van der Waals surface area contributed by atoms with Gasteiger partial charge >= 0.3 is 0 Å². The zero-order valence-corrected chi connectivity index (χ0v) is 8.76. The highest BCUT2D eigenvalue weighted by Gasteiger charge is 2.37. The highest BCUT2D eigenvalue weighted by molar-refractivity contribution is 4.99.